The van der Waals surface area contributed by atoms with E-state index in [4.69, 9.17) is 0 Å². The third-order valence-corrected chi connectivity index (χ3v) is 6.74. The van der Waals surface area contributed by atoms with E-state index in [0.29, 0.717) is 0 Å². The first-order chi connectivity index (χ1) is 15.0. The lowest BCUT2D eigenvalue weighted by Crippen LogP contribution is -2.22. The predicted octanol–water partition coefficient (Wildman–Crippen LogP) is 7.40. The molecule has 2 heteroatoms. The molecule has 1 aliphatic carbocycles. The molecule has 0 atom stereocenters. The van der Waals surface area contributed by atoms with E-state index in [2.05, 4.69) is 106 Å². The van der Waals surface area contributed by atoms with Gasteiger partial charge in [0.05, 0.1) is 0 Å². The topological polar surface area (TPSA) is 6.48 Å². The summed E-state index contributed by atoms with van der Waals surface area (Å²) >= 11 is 0. The Morgan fingerprint density at radius 2 is 1.19 bits per heavy atom. The molecule has 0 radical (unpaired) electrons. The van der Waals surface area contributed by atoms with E-state index in [-0.39, 0.29) is 5.92 Å². The number of allylic oxidation sites excluding steroid dienone is 4. The molecule has 0 amide bonds. The van der Waals surface area contributed by atoms with Crippen LogP contribution < -0.4 is 9.80 Å². The summed E-state index contributed by atoms with van der Waals surface area (Å²) < 4.78 is 0. The van der Waals surface area contributed by atoms with Crippen LogP contribution >= 0.6 is 0 Å². The Morgan fingerprint density at radius 3 is 1.55 bits per heavy atom. The van der Waals surface area contributed by atoms with E-state index in [9.17, 15) is 0 Å². The van der Waals surface area contributed by atoms with Gasteiger partial charge in [-0.15, -0.1) is 0 Å². The minimum Gasteiger partial charge on any atom is -0.372 e. The monoisotopic (exact) mass is 416 g/mol. The smallest absolute Gasteiger partial charge is 0.0368 e. The van der Waals surface area contributed by atoms with Crippen LogP contribution in [0.2, 0.25) is 0 Å². The first kappa shape index (κ1) is 23.2. The highest BCUT2D eigenvalue weighted by Crippen LogP contribution is 2.39. The number of benzene rings is 2. The third-order valence-electron chi connectivity index (χ3n) is 6.74. The summed E-state index contributed by atoms with van der Waals surface area (Å²) in [5.74, 6) is 0.285. The molecule has 0 aromatic heterocycles. The number of hydrogen-bond acceptors (Lipinski definition) is 2. The molecule has 0 saturated heterocycles. The van der Waals surface area contributed by atoms with Crippen LogP contribution in [-0.4, -0.2) is 26.2 Å². The van der Waals surface area contributed by atoms with E-state index in [0.717, 1.165) is 39.0 Å². The quantitative estimate of drug-likeness (QED) is 0.420. The molecule has 166 valence electrons. The predicted molar refractivity (Wildman–Crippen MR) is 138 cm³/mol. The second-order valence-electron chi connectivity index (χ2n) is 8.54. The van der Waals surface area contributed by atoms with Crippen molar-refractivity contribution >= 4 is 11.4 Å². The van der Waals surface area contributed by atoms with Crippen molar-refractivity contribution in [1.82, 2.24) is 0 Å². The molecule has 31 heavy (non-hydrogen) atoms. The van der Waals surface area contributed by atoms with E-state index >= 15 is 0 Å². The first-order valence-corrected chi connectivity index (χ1v) is 12.1. The molecule has 1 aliphatic rings. The van der Waals surface area contributed by atoms with Gasteiger partial charge in [0.25, 0.3) is 0 Å². The summed E-state index contributed by atoms with van der Waals surface area (Å²) in [6.07, 6.45) is 9.41. The third kappa shape index (κ3) is 5.06. The molecule has 2 aromatic carbocycles. The summed E-state index contributed by atoms with van der Waals surface area (Å²) in [4.78, 5) is 4.85. The molecule has 0 N–H and O–H groups in total. The molecule has 0 aliphatic heterocycles. The normalized spacial score (nSPS) is 13.5. The zero-order valence-corrected chi connectivity index (χ0v) is 20.4. The Hall–Kier alpha value is -2.48. The Labute approximate surface area is 190 Å². The molecular formula is C29H40N2. The van der Waals surface area contributed by atoms with Crippen LogP contribution in [-0.2, 0) is 0 Å². The molecule has 2 nitrogen and oxygen atoms in total. The fraction of sp³-hybridized carbons (Fsp3) is 0.448. The first-order valence-electron chi connectivity index (χ1n) is 12.1. The average molecular weight is 417 g/mol. The standard InChI is InChI=1S/C29H40N2/c1-7-30(8-2)25-16-18-27(22(5)20-25)29(24-14-12-11-13-15-24)28-19-17-26(21-23(28)6)31(9-3)10-4/h12,14-21,29H,7-11,13H2,1-6H3. The van der Waals surface area contributed by atoms with E-state index in [1.165, 1.54) is 39.2 Å². The van der Waals surface area contributed by atoms with Gasteiger partial charge >= 0.3 is 0 Å². The van der Waals surface area contributed by atoms with E-state index in [1.54, 1.807) is 0 Å². The lowest BCUT2D eigenvalue weighted by molar-refractivity contribution is 0.857. The SMILES string of the molecule is CCN(CC)c1ccc(C(C2=CCCC=C2)c2ccc(N(CC)CC)cc2C)c(C)c1. The van der Waals surface area contributed by atoms with E-state index in [1.807, 2.05) is 0 Å². The number of nitrogens with zero attached hydrogens (tertiary/aromatic N) is 2. The van der Waals surface area contributed by atoms with Crippen molar-refractivity contribution < 1.29 is 0 Å². The Kier molecular flexibility index (Phi) is 8.01. The van der Waals surface area contributed by atoms with Crippen molar-refractivity contribution in [2.24, 2.45) is 0 Å². The van der Waals surface area contributed by atoms with Crippen molar-refractivity contribution in [1.29, 1.82) is 0 Å². The van der Waals surface area contributed by atoms with Crippen molar-refractivity contribution in [2.45, 2.75) is 60.3 Å². The van der Waals surface area contributed by atoms with Crippen LogP contribution in [0.1, 0.15) is 68.7 Å². The van der Waals surface area contributed by atoms with Crippen LogP contribution in [0.15, 0.2) is 60.2 Å². The second kappa shape index (κ2) is 10.7. The number of aryl methyl sites for hydroxylation is 2. The van der Waals surface area contributed by atoms with Gasteiger partial charge in [-0.3, -0.25) is 0 Å². The molecule has 0 heterocycles. The zero-order chi connectivity index (χ0) is 22.4. The second-order valence-corrected chi connectivity index (χ2v) is 8.54. The van der Waals surface area contributed by atoms with Gasteiger partial charge in [-0.25, -0.2) is 0 Å². The van der Waals surface area contributed by atoms with Crippen LogP contribution in [0.3, 0.4) is 0 Å². The van der Waals surface area contributed by atoms with Gasteiger partial charge in [0, 0.05) is 43.5 Å². The van der Waals surface area contributed by atoms with Crippen molar-refractivity contribution in [2.75, 3.05) is 36.0 Å². The Balaban J connectivity index is 2.09. The van der Waals surface area contributed by atoms with E-state index < -0.39 is 0 Å². The van der Waals surface area contributed by atoms with Crippen LogP contribution in [0.25, 0.3) is 0 Å². The molecule has 0 fully saturated rings. The maximum atomic E-state index is 2.44. The zero-order valence-electron chi connectivity index (χ0n) is 20.4. The molecule has 0 bridgehead atoms. The molecule has 3 rings (SSSR count). The highest BCUT2D eigenvalue weighted by atomic mass is 15.1. The summed E-state index contributed by atoms with van der Waals surface area (Å²) in [6.45, 7) is 17.6. The maximum Gasteiger partial charge on any atom is 0.0368 e. The van der Waals surface area contributed by atoms with Crippen LogP contribution in [0.5, 0.6) is 0 Å². The fourth-order valence-corrected chi connectivity index (χ4v) is 4.91. The summed E-state index contributed by atoms with van der Waals surface area (Å²) in [7, 11) is 0. The number of hydrogen-bond donors (Lipinski definition) is 0. The summed E-state index contributed by atoms with van der Waals surface area (Å²) in [5.41, 5.74) is 9.69. The minimum atomic E-state index is 0.285. The van der Waals surface area contributed by atoms with Crippen molar-refractivity contribution in [3.63, 3.8) is 0 Å². The van der Waals surface area contributed by atoms with Crippen molar-refractivity contribution in [3.05, 3.63) is 82.5 Å². The number of rotatable bonds is 9. The summed E-state index contributed by atoms with van der Waals surface area (Å²) in [5, 5.41) is 0. The van der Waals surface area contributed by atoms with Crippen LogP contribution in [0.4, 0.5) is 11.4 Å². The molecule has 0 saturated carbocycles. The van der Waals surface area contributed by atoms with Crippen molar-refractivity contribution in [3.8, 4) is 0 Å². The Bertz CT molecular complexity index is 868. The lowest BCUT2D eigenvalue weighted by atomic mass is 9.79. The van der Waals surface area contributed by atoms with Gasteiger partial charge in [0.15, 0.2) is 0 Å². The highest BCUT2D eigenvalue weighted by molar-refractivity contribution is 5.59. The average Bonchev–Trinajstić information content (AvgIpc) is 2.79. The maximum absolute atomic E-state index is 2.44. The fourth-order valence-electron chi connectivity index (χ4n) is 4.91. The Morgan fingerprint density at radius 1 is 0.710 bits per heavy atom. The van der Waals surface area contributed by atoms with Gasteiger partial charge < -0.3 is 9.80 Å². The molecule has 0 spiro atoms. The van der Waals surface area contributed by atoms with Crippen LogP contribution in [0, 0.1) is 13.8 Å². The molecule has 2 aromatic rings. The van der Waals surface area contributed by atoms with Gasteiger partial charge in [-0.2, -0.15) is 0 Å². The number of anilines is 2. The minimum absolute atomic E-state index is 0.285. The summed E-state index contributed by atoms with van der Waals surface area (Å²) in [6, 6.07) is 14.1. The van der Waals surface area contributed by atoms with Gasteiger partial charge in [0.1, 0.15) is 0 Å². The largest absolute Gasteiger partial charge is 0.372 e. The van der Waals surface area contributed by atoms with Gasteiger partial charge in [-0.05, 0) is 106 Å². The van der Waals surface area contributed by atoms with Gasteiger partial charge in [0.2, 0.25) is 0 Å². The lowest BCUT2D eigenvalue weighted by Gasteiger charge is -2.28. The molecule has 0 unspecified atom stereocenters. The van der Waals surface area contributed by atoms with Gasteiger partial charge in [-0.1, -0.05) is 30.4 Å². The highest BCUT2D eigenvalue weighted by Gasteiger charge is 2.23. The molecular weight excluding hydrogens is 376 g/mol.